The molecule has 10 heteroatoms. The number of likely N-dealkylation sites (tertiary alicyclic amines) is 1. The summed E-state index contributed by atoms with van der Waals surface area (Å²) in [6.07, 6.45) is 5.66. The number of ether oxygens (including phenoxy) is 1. The van der Waals surface area contributed by atoms with Crippen molar-refractivity contribution in [2.75, 3.05) is 13.1 Å². The molecule has 2 aliphatic heterocycles. The first-order chi connectivity index (χ1) is 24.4. The molecule has 5 atom stereocenters. The van der Waals surface area contributed by atoms with Crippen LogP contribution in [0.5, 0.6) is 0 Å². The van der Waals surface area contributed by atoms with Crippen LogP contribution < -0.4 is 10.6 Å². The number of nitrogens with zero attached hydrogens (tertiary/aromatic N) is 3. The molecule has 2 fully saturated rings. The van der Waals surface area contributed by atoms with Crippen molar-refractivity contribution in [1.82, 2.24) is 25.1 Å². The number of rotatable bonds is 12. The normalized spacial score (nSPS) is 20.1. The number of hydrogen-bond donors (Lipinski definition) is 3. The Balaban J connectivity index is 1.12. The van der Waals surface area contributed by atoms with E-state index in [4.69, 9.17) is 4.74 Å². The van der Waals surface area contributed by atoms with Crippen LogP contribution in [-0.4, -0.2) is 68.8 Å². The van der Waals surface area contributed by atoms with E-state index in [1.165, 1.54) is 0 Å². The van der Waals surface area contributed by atoms with Crippen LogP contribution >= 0.6 is 11.3 Å². The molecule has 2 aliphatic rings. The number of carbonyl (C=O) groups excluding carboxylic acids is 2. The van der Waals surface area contributed by atoms with Crippen LogP contribution in [0, 0.1) is 6.92 Å². The minimum Gasteiger partial charge on any atom is -0.389 e. The summed E-state index contributed by atoms with van der Waals surface area (Å²) >= 11 is 1.58. The van der Waals surface area contributed by atoms with Crippen molar-refractivity contribution in [3.8, 4) is 5.69 Å². The van der Waals surface area contributed by atoms with E-state index in [-0.39, 0.29) is 30.0 Å². The van der Waals surface area contributed by atoms with E-state index in [0.29, 0.717) is 49.4 Å². The summed E-state index contributed by atoms with van der Waals surface area (Å²) in [6.45, 7) is 3.71. The van der Waals surface area contributed by atoms with Crippen LogP contribution in [0.15, 0.2) is 109 Å². The van der Waals surface area contributed by atoms with Crippen molar-refractivity contribution in [2.45, 2.75) is 69.5 Å². The average Bonchev–Trinajstić information content (AvgIpc) is 3.99. The first-order valence-corrected chi connectivity index (χ1v) is 18.2. The van der Waals surface area contributed by atoms with Crippen molar-refractivity contribution in [3.63, 3.8) is 0 Å². The minimum atomic E-state index is -0.884. The fourth-order valence-electron chi connectivity index (χ4n) is 7.04. The highest BCUT2D eigenvalue weighted by Gasteiger charge is 2.36. The van der Waals surface area contributed by atoms with E-state index in [2.05, 4.69) is 15.6 Å². The third-order valence-corrected chi connectivity index (χ3v) is 10.7. The lowest BCUT2D eigenvalue weighted by Crippen LogP contribution is -2.52. The smallest absolute Gasteiger partial charge is 0.254 e. The first kappa shape index (κ1) is 33.9. The number of carbonyl (C=O) groups is 2. The lowest BCUT2D eigenvalue weighted by atomic mass is 9.94. The number of thiazole rings is 1. The van der Waals surface area contributed by atoms with E-state index < -0.39 is 12.1 Å². The fraction of sp³-hybridized carbons (Fsp3) is 0.325. The number of amides is 2. The molecule has 2 amide bonds. The highest BCUT2D eigenvalue weighted by molar-refractivity contribution is 7.09. The predicted molar refractivity (Wildman–Crippen MR) is 194 cm³/mol. The Morgan fingerprint density at radius 1 is 1.00 bits per heavy atom. The quantitative estimate of drug-likeness (QED) is 0.151. The number of benzene rings is 3. The second-order valence-electron chi connectivity index (χ2n) is 13.3. The molecule has 3 N–H and O–H groups in total. The summed E-state index contributed by atoms with van der Waals surface area (Å²) in [5.41, 5.74) is 4.56. The van der Waals surface area contributed by atoms with Crippen LogP contribution in [0.1, 0.15) is 67.8 Å². The maximum absolute atomic E-state index is 14.2. The molecule has 2 saturated heterocycles. The number of nitrogens with one attached hydrogen (secondary N) is 2. The predicted octanol–water partition coefficient (Wildman–Crippen LogP) is 5.87. The third kappa shape index (κ3) is 7.89. The van der Waals surface area contributed by atoms with Gasteiger partial charge in [-0.3, -0.25) is 9.59 Å². The molecule has 2 aromatic heterocycles. The Morgan fingerprint density at radius 2 is 1.72 bits per heavy atom. The molecular weight excluding hydrogens is 647 g/mol. The number of aliphatic hydroxyl groups excluding tert-OH is 1. The van der Waals surface area contributed by atoms with Gasteiger partial charge < -0.3 is 29.9 Å². The topological polar surface area (TPSA) is 109 Å². The fourth-order valence-corrected chi connectivity index (χ4v) is 7.99. The molecule has 0 saturated carbocycles. The van der Waals surface area contributed by atoms with Gasteiger partial charge >= 0.3 is 0 Å². The van der Waals surface area contributed by atoms with Crippen LogP contribution in [0.4, 0.5) is 0 Å². The maximum atomic E-state index is 14.2. The van der Waals surface area contributed by atoms with Crippen molar-refractivity contribution in [2.24, 2.45) is 0 Å². The van der Waals surface area contributed by atoms with Crippen molar-refractivity contribution >= 4 is 23.2 Å². The summed E-state index contributed by atoms with van der Waals surface area (Å²) < 4.78 is 8.07. The minimum absolute atomic E-state index is 0.0579. The second kappa shape index (κ2) is 15.5. The Kier molecular flexibility index (Phi) is 10.5. The second-order valence-corrected chi connectivity index (χ2v) is 14.2. The van der Waals surface area contributed by atoms with Gasteiger partial charge in [-0.2, -0.15) is 0 Å². The highest BCUT2D eigenvalue weighted by atomic mass is 32.1. The molecule has 50 heavy (non-hydrogen) atoms. The largest absolute Gasteiger partial charge is 0.389 e. The molecule has 4 heterocycles. The standard InChI is InChI=1S/C40H43N5O4S/c1-27-26-50-39(42-27)36-15-10-18-45(36)40(48)31-20-30(21-32(22-31)44-16-8-9-17-44)38(47)43-35(19-28-11-4-2-5-12-28)37(46)34-23-33(24-41-34)49-25-29-13-6-3-7-14-29/h2-9,11-14,16-17,20-22,26,33-37,41,46H,10,15,18-19,23-25H2,1H3,(H,43,47)/t33-,34-,35+,36-,37-/m1/s1. The molecule has 3 aromatic carbocycles. The third-order valence-electron chi connectivity index (χ3n) is 9.66. The highest BCUT2D eigenvalue weighted by Crippen LogP contribution is 2.35. The molecule has 0 spiro atoms. The van der Waals surface area contributed by atoms with Gasteiger partial charge in [0.25, 0.3) is 11.8 Å². The van der Waals surface area contributed by atoms with E-state index in [1.54, 1.807) is 23.5 Å². The van der Waals surface area contributed by atoms with Gasteiger partial charge in [0, 0.05) is 59.4 Å². The van der Waals surface area contributed by atoms with Gasteiger partial charge in [-0.05, 0) is 74.1 Å². The molecule has 5 aromatic rings. The lowest BCUT2D eigenvalue weighted by Gasteiger charge is -2.29. The van der Waals surface area contributed by atoms with Gasteiger partial charge in [0.15, 0.2) is 0 Å². The van der Waals surface area contributed by atoms with Crippen molar-refractivity contribution < 1.29 is 19.4 Å². The summed E-state index contributed by atoms with van der Waals surface area (Å²) in [5, 5.41) is 21.4. The molecule has 0 radical (unpaired) electrons. The van der Waals surface area contributed by atoms with Gasteiger partial charge in [-0.1, -0.05) is 60.7 Å². The number of aliphatic hydroxyl groups is 1. The number of aryl methyl sites for hydroxylation is 1. The van der Waals surface area contributed by atoms with Gasteiger partial charge in [0.2, 0.25) is 0 Å². The molecule has 0 unspecified atom stereocenters. The first-order valence-electron chi connectivity index (χ1n) is 17.3. The molecular formula is C40H43N5O4S. The number of aromatic nitrogens is 2. The van der Waals surface area contributed by atoms with Gasteiger partial charge in [0.05, 0.1) is 30.9 Å². The van der Waals surface area contributed by atoms with Crippen LogP contribution in [-0.2, 0) is 17.8 Å². The summed E-state index contributed by atoms with van der Waals surface area (Å²) in [4.78, 5) is 34.9. The van der Waals surface area contributed by atoms with E-state index >= 15 is 0 Å². The monoisotopic (exact) mass is 689 g/mol. The Hall–Kier alpha value is -4.61. The van der Waals surface area contributed by atoms with Gasteiger partial charge in [0.1, 0.15) is 5.01 Å². The zero-order valence-corrected chi connectivity index (χ0v) is 29.0. The van der Waals surface area contributed by atoms with Crippen LogP contribution in [0.2, 0.25) is 0 Å². The SMILES string of the molecule is Cc1csc([C@H]2CCCN2C(=O)c2cc(C(=O)N[C@@H](Cc3ccccc3)[C@H](O)[C@H]3C[C@@H](OCc4ccccc4)CN3)cc(-n3cccc3)c2)n1. The zero-order valence-electron chi connectivity index (χ0n) is 28.2. The Labute approximate surface area is 296 Å². The Bertz CT molecular complexity index is 1880. The molecule has 0 bridgehead atoms. The van der Waals surface area contributed by atoms with Gasteiger partial charge in [-0.25, -0.2) is 4.98 Å². The van der Waals surface area contributed by atoms with Crippen LogP contribution in [0.3, 0.4) is 0 Å². The van der Waals surface area contributed by atoms with Crippen molar-refractivity contribution in [1.29, 1.82) is 0 Å². The van der Waals surface area contributed by atoms with E-state index in [1.807, 2.05) is 113 Å². The molecule has 7 rings (SSSR count). The molecule has 258 valence electrons. The average molecular weight is 690 g/mol. The van der Waals surface area contributed by atoms with E-state index in [0.717, 1.165) is 34.7 Å². The number of hydrogen-bond acceptors (Lipinski definition) is 7. The lowest BCUT2D eigenvalue weighted by molar-refractivity contribution is 0.0419. The van der Waals surface area contributed by atoms with Crippen LogP contribution in [0.25, 0.3) is 5.69 Å². The summed E-state index contributed by atoms with van der Waals surface area (Å²) in [6, 6.07) is 28.1. The molecule has 0 aliphatic carbocycles. The zero-order chi connectivity index (χ0) is 34.5. The van der Waals surface area contributed by atoms with E-state index in [9.17, 15) is 14.7 Å². The molecule has 9 nitrogen and oxygen atoms in total. The summed E-state index contributed by atoms with van der Waals surface area (Å²) in [5.74, 6) is -0.475. The van der Waals surface area contributed by atoms with Gasteiger partial charge in [-0.15, -0.1) is 11.3 Å². The van der Waals surface area contributed by atoms with Crippen molar-refractivity contribution in [3.05, 3.63) is 142 Å². The Morgan fingerprint density at radius 3 is 2.44 bits per heavy atom. The summed E-state index contributed by atoms with van der Waals surface area (Å²) in [7, 11) is 0. The maximum Gasteiger partial charge on any atom is 0.254 e.